The van der Waals surface area contributed by atoms with E-state index in [0.717, 1.165) is 112 Å². The van der Waals surface area contributed by atoms with E-state index >= 15 is 4.39 Å². The molecule has 1 saturated carbocycles. The number of halogens is 1. The van der Waals surface area contributed by atoms with E-state index in [4.69, 9.17) is 33.4 Å². The molecule has 85 heavy (non-hydrogen) atoms. The Hall–Kier alpha value is -7.24. The molecule has 22 heteroatoms. The van der Waals surface area contributed by atoms with Crippen LogP contribution in [0.2, 0.25) is 0 Å². The Morgan fingerprint density at radius 2 is 1.69 bits per heavy atom. The molecule has 1 spiro atoms. The van der Waals surface area contributed by atoms with Crippen molar-refractivity contribution in [3.05, 3.63) is 123 Å². The molecule has 8 aliphatic rings. The molecule has 4 aromatic carbocycles. The molecule has 5 fully saturated rings. The maximum atomic E-state index is 15.3. The molecular weight excluding hydrogens is 1110 g/mol. The smallest absolute Gasteiger partial charge is 0.297 e. The highest BCUT2D eigenvalue weighted by Crippen LogP contribution is 2.55. The lowest BCUT2D eigenvalue weighted by molar-refractivity contribution is -0.384. The number of para-hydroxylation sites is 1. The van der Waals surface area contributed by atoms with E-state index in [1.165, 1.54) is 11.6 Å². The Kier molecular flexibility index (Phi) is 14.6. The number of hydrogen-bond donors (Lipinski definition) is 3. The van der Waals surface area contributed by atoms with Crippen molar-refractivity contribution in [3.63, 3.8) is 0 Å². The zero-order valence-electron chi connectivity index (χ0n) is 48.1. The third kappa shape index (κ3) is 10.4. The number of nitrogens with zero attached hydrogens (tertiary/aromatic N) is 6. The van der Waals surface area contributed by atoms with Crippen molar-refractivity contribution in [2.75, 3.05) is 87.5 Å². The van der Waals surface area contributed by atoms with Gasteiger partial charge in [0.15, 0.2) is 23.0 Å². The normalized spacial score (nSPS) is 24.4. The first-order valence-corrected chi connectivity index (χ1v) is 31.6. The van der Waals surface area contributed by atoms with Crippen LogP contribution in [-0.2, 0) is 19.5 Å². The quantitative estimate of drug-likeness (QED) is 0.0768. The lowest BCUT2D eigenvalue weighted by atomic mass is 9.59. The van der Waals surface area contributed by atoms with E-state index in [-0.39, 0.29) is 77.6 Å². The highest BCUT2D eigenvalue weighted by atomic mass is 32.2. The highest BCUT2D eigenvalue weighted by Gasteiger charge is 2.51. The van der Waals surface area contributed by atoms with Crippen LogP contribution in [0.1, 0.15) is 104 Å². The second kappa shape index (κ2) is 22.2. The number of nitro groups is 1. The molecule has 0 bridgehead atoms. The van der Waals surface area contributed by atoms with Crippen molar-refractivity contribution in [3.8, 4) is 23.1 Å². The number of pyridine rings is 1. The Balaban J connectivity index is 0.740. The molecule has 6 aromatic rings. The largest absolute Gasteiger partial charge is 0.491 e. The molecule has 3 N–H and O–H groups in total. The number of nitrogens with one attached hydrogen (secondary N) is 3. The fraction of sp³-hybridized carbons (Fsp3) is 0.492. The molecule has 20 nitrogen and oxygen atoms in total. The Bertz CT molecular complexity index is 3680. The summed E-state index contributed by atoms with van der Waals surface area (Å²) < 4.78 is 83.2. The molecule has 0 radical (unpaired) electrons. The van der Waals surface area contributed by atoms with Gasteiger partial charge < -0.3 is 48.5 Å². The number of carbonyl (C=O) groups excluding carboxylic acids is 1. The van der Waals surface area contributed by atoms with Crippen LogP contribution >= 0.6 is 0 Å². The van der Waals surface area contributed by atoms with Crippen molar-refractivity contribution < 1.29 is 50.9 Å². The molecule has 0 unspecified atom stereocenters. The number of piperidine rings is 1. The van der Waals surface area contributed by atoms with Crippen LogP contribution in [0.25, 0.3) is 11.0 Å². The number of aromatic amines is 1. The number of piperazine rings is 1. The average molecular weight is 1180 g/mol. The highest BCUT2D eigenvalue weighted by molar-refractivity contribution is 7.90. The van der Waals surface area contributed by atoms with Crippen LogP contribution in [-0.4, -0.2) is 142 Å². The number of aromatic nitrogens is 2. The van der Waals surface area contributed by atoms with Crippen LogP contribution in [0.3, 0.4) is 0 Å². The maximum Gasteiger partial charge on any atom is 0.297 e. The number of ether oxygens (including phenoxy) is 6. The van der Waals surface area contributed by atoms with Gasteiger partial charge in [0.25, 0.3) is 21.6 Å². The van der Waals surface area contributed by atoms with E-state index in [1.54, 1.807) is 18.3 Å². The summed E-state index contributed by atoms with van der Waals surface area (Å²) in [6, 6.07) is 23.6. The van der Waals surface area contributed by atoms with E-state index in [9.17, 15) is 23.3 Å². The Morgan fingerprint density at radius 1 is 0.882 bits per heavy atom. The third-order valence-corrected chi connectivity index (χ3v) is 20.5. The number of fused-ring (bicyclic) bond motifs is 5. The summed E-state index contributed by atoms with van der Waals surface area (Å²) in [6.07, 6.45) is 8.21. The molecular formula is C63H72FN9O11S. The van der Waals surface area contributed by atoms with Gasteiger partial charge in [0, 0.05) is 112 Å². The number of sulfonamides is 1. The lowest BCUT2D eigenvalue weighted by Crippen LogP contribution is -2.60. The molecule has 4 saturated heterocycles. The first-order valence-electron chi connectivity index (χ1n) is 30.1. The number of anilines is 4. The number of hydrogen-bond acceptors (Lipinski definition) is 17. The summed E-state index contributed by atoms with van der Waals surface area (Å²) in [5.41, 5.74) is 5.42. The monoisotopic (exact) mass is 1180 g/mol. The van der Waals surface area contributed by atoms with Crippen LogP contribution in [0, 0.1) is 34.2 Å². The zero-order valence-corrected chi connectivity index (χ0v) is 48.9. The average Bonchev–Trinajstić information content (AvgIpc) is 2.79. The fourth-order valence-corrected chi connectivity index (χ4v) is 15.9. The number of nitro benzene ring substituents is 1. The number of aryl methyl sites for hydroxylation is 1. The maximum absolute atomic E-state index is 15.3. The summed E-state index contributed by atoms with van der Waals surface area (Å²) in [5, 5.41) is 16.7. The Labute approximate surface area is 493 Å². The number of H-pyrrole nitrogens is 1. The molecule has 1 amide bonds. The van der Waals surface area contributed by atoms with Crippen molar-refractivity contribution in [2.24, 2.45) is 11.3 Å². The zero-order chi connectivity index (χ0) is 58.3. The van der Waals surface area contributed by atoms with Gasteiger partial charge in [0.2, 0.25) is 5.88 Å². The minimum absolute atomic E-state index is 0.0000351. The Morgan fingerprint density at radius 3 is 2.51 bits per heavy atom. The summed E-state index contributed by atoms with van der Waals surface area (Å²) in [5.74, 6) is 0.574. The first-order chi connectivity index (χ1) is 41.2. The molecule has 5 atom stereocenters. The first kappa shape index (κ1) is 55.6. The SMILES string of the molecule is Cc1cc(F)c2c(c1)[C@H](N1CCN(C3CC4(CCN(c5ccc(C(=O)NS(=O)(=O)c6cc7c(c([N+](=O)[O-])c6)N[C@H](C6CCOCC6)CO7)c(N6c7cc8cc[nH]c8nc7O[C@H]7COCC[C@@H]76)c5)CC4)C3)[C@H](c3ccccc3OC(C)C)C1)CCO2. The standard InChI is InChI=1S/C63H72FN9O11S/c1-37(2)83-55-7-5-4-6-44(55)54-34-70(49-14-25-81-59-46(49)26-38(3)27-47(59)64)20-21-71(54)42-32-63(33-42)15-18-69(19-16-63)41-8-9-45(51(29-41)72-50-13-24-80-36-57(50)84-62-53(72)28-40-10-17-65-60(40)67-62)61(74)68-85(77,78)43-30-52(73(75)76)58-56(31-43)82-35-48(66-58)39-11-22-79-23-12-39/h4-10,17,26-31,37,39,42,48-50,54,57,66H,11-16,18-25,32-36H2,1-3H3,(H,65,67)(H,68,74)/t48-,49+,50-,54-,57-/m0/s1. The molecule has 2 aromatic heterocycles. The minimum atomic E-state index is -4.73. The van der Waals surface area contributed by atoms with E-state index in [0.29, 0.717) is 67.5 Å². The summed E-state index contributed by atoms with van der Waals surface area (Å²) in [7, 11) is -4.73. The molecule has 448 valence electrons. The minimum Gasteiger partial charge on any atom is -0.491 e. The van der Waals surface area contributed by atoms with Crippen molar-refractivity contribution in [1.82, 2.24) is 24.5 Å². The van der Waals surface area contributed by atoms with Gasteiger partial charge in [-0.3, -0.25) is 24.7 Å². The number of benzene rings is 4. The van der Waals surface area contributed by atoms with Gasteiger partial charge >= 0.3 is 0 Å². The van der Waals surface area contributed by atoms with Gasteiger partial charge in [-0.1, -0.05) is 24.3 Å². The van der Waals surface area contributed by atoms with Gasteiger partial charge in [0.05, 0.1) is 58.5 Å². The van der Waals surface area contributed by atoms with Crippen molar-refractivity contribution >= 4 is 55.4 Å². The van der Waals surface area contributed by atoms with Gasteiger partial charge in [-0.25, -0.2) is 17.5 Å². The second-order valence-electron chi connectivity index (χ2n) is 24.7. The van der Waals surface area contributed by atoms with Crippen molar-refractivity contribution in [1.29, 1.82) is 0 Å². The summed E-state index contributed by atoms with van der Waals surface area (Å²) in [4.78, 5) is 44.2. The number of amides is 1. The fourth-order valence-electron chi connectivity index (χ4n) is 14.9. The third-order valence-electron chi connectivity index (χ3n) is 19.2. The van der Waals surface area contributed by atoms with Gasteiger partial charge in [-0.15, -0.1) is 0 Å². The van der Waals surface area contributed by atoms with Crippen LogP contribution in [0.5, 0.6) is 23.1 Å². The second-order valence-corrected chi connectivity index (χ2v) is 26.4. The summed E-state index contributed by atoms with van der Waals surface area (Å²) >= 11 is 0. The van der Waals surface area contributed by atoms with Crippen LogP contribution in [0.4, 0.5) is 32.8 Å². The van der Waals surface area contributed by atoms with Gasteiger partial charge in [0.1, 0.15) is 29.8 Å². The van der Waals surface area contributed by atoms with E-state index < -0.39 is 37.5 Å². The topological polar surface area (TPSA) is 215 Å². The van der Waals surface area contributed by atoms with E-state index in [1.807, 2.05) is 37.3 Å². The molecule has 14 rings (SSSR count). The summed E-state index contributed by atoms with van der Waals surface area (Å²) in [6.45, 7) is 12.6. The van der Waals surface area contributed by atoms with E-state index in [2.05, 4.69) is 72.7 Å². The van der Waals surface area contributed by atoms with Crippen LogP contribution in [0.15, 0.2) is 90.0 Å². The predicted molar refractivity (Wildman–Crippen MR) is 317 cm³/mol. The lowest BCUT2D eigenvalue weighted by Gasteiger charge is -2.59. The molecule has 7 aliphatic heterocycles. The van der Waals surface area contributed by atoms with Gasteiger partial charge in [-0.05, 0) is 125 Å². The van der Waals surface area contributed by atoms with Crippen molar-refractivity contribution in [2.45, 2.75) is 119 Å². The van der Waals surface area contributed by atoms with Crippen LogP contribution < -0.4 is 38.8 Å². The van der Waals surface area contributed by atoms with Gasteiger partial charge in [-0.2, -0.15) is 4.98 Å². The molecule has 1 aliphatic carbocycles. The number of carbonyl (C=O) groups is 1. The molecule has 9 heterocycles. The number of rotatable bonds is 12. The predicted octanol–water partition coefficient (Wildman–Crippen LogP) is 9.74.